The van der Waals surface area contributed by atoms with Crippen LogP contribution in [0.2, 0.25) is 0 Å². The van der Waals surface area contributed by atoms with Crippen LogP contribution >= 0.6 is 0 Å². The van der Waals surface area contributed by atoms with E-state index < -0.39 is 15.7 Å². The van der Waals surface area contributed by atoms with Gasteiger partial charge in [-0.3, -0.25) is 9.59 Å². The second-order valence-corrected chi connectivity index (χ2v) is 8.96. The zero-order valence-electron chi connectivity index (χ0n) is 16.4. The number of hydrogen-bond acceptors (Lipinski definition) is 5. The maximum atomic E-state index is 12.4. The van der Waals surface area contributed by atoms with Crippen molar-refractivity contribution in [2.75, 3.05) is 43.9 Å². The molecule has 8 heteroatoms. The van der Waals surface area contributed by atoms with Crippen LogP contribution in [0.4, 0.5) is 5.69 Å². The molecule has 1 fully saturated rings. The molecule has 3 rings (SSSR count). The van der Waals surface area contributed by atoms with Gasteiger partial charge < -0.3 is 15.1 Å². The minimum absolute atomic E-state index is 0.0131. The van der Waals surface area contributed by atoms with Crippen LogP contribution in [0.3, 0.4) is 0 Å². The fraction of sp³-hybridized carbons (Fsp3) is 0.333. The van der Waals surface area contributed by atoms with E-state index in [1.165, 1.54) is 12.1 Å². The minimum Gasteiger partial charge on any atom is -0.368 e. The molecule has 1 N–H and O–H groups in total. The summed E-state index contributed by atoms with van der Waals surface area (Å²) in [5.41, 5.74) is 1.25. The van der Waals surface area contributed by atoms with Gasteiger partial charge in [-0.15, -0.1) is 0 Å². The van der Waals surface area contributed by atoms with Crippen LogP contribution in [0, 0.1) is 0 Å². The second-order valence-electron chi connectivity index (χ2n) is 6.98. The van der Waals surface area contributed by atoms with E-state index in [2.05, 4.69) is 22.3 Å². The van der Waals surface area contributed by atoms with Crippen molar-refractivity contribution in [3.63, 3.8) is 0 Å². The third-order valence-corrected chi connectivity index (χ3v) is 6.06. The molecule has 1 heterocycles. The average molecular weight is 416 g/mol. The number of carbonyl (C=O) groups excluding carboxylic acids is 2. The zero-order valence-corrected chi connectivity index (χ0v) is 17.2. The normalized spacial score (nSPS) is 14.5. The first kappa shape index (κ1) is 20.9. The maximum Gasteiger partial charge on any atom is 0.252 e. The van der Waals surface area contributed by atoms with Crippen LogP contribution in [0.25, 0.3) is 0 Å². The number of para-hydroxylation sites is 1. The second kappa shape index (κ2) is 9.09. The number of sulfone groups is 1. The number of rotatable bonds is 6. The summed E-state index contributed by atoms with van der Waals surface area (Å²) in [6.45, 7) is 2.97. The number of nitrogens with zero attached hydrogens (tertiary/aromatic N) is 2. The standard InChI is InChI=1S/C21H25N3O4S/c1-29(27,28)19-10-6-5-9-18(19)21(26)22-12-11-20(25)24-15-13-23(14-16-24)17-7-3-2-4-8-17/h2-10H,11-16H2,1H3,(H,22,26). The Hall–Kier alpha value is -2.87. The topological polar surface area (TPSA) is 86.8 Å². The van der Waals surface area contributed by atoms with Crippen molar-refractivity contribution in [2.45, 2.75) is 11.3 Å². The van der Waals surface area contributed by atoms with Gasteiger partial charge in [0.15, 0.2) is 9.84 Å². The molecule has 0 bridgehead atoms. The van der Waals surface area contributed by atoms with Crippen molar-refractivity contribution in [2.24, 2.45) is 0 Å². The molecule has 1 saturated heterocycles. The van der Waals surface area contributed by atoms with Gasteiger partial charge in [0.1, 0.15) is 0 Å². The highest BCUT2D eigenvalue weighted by molar-refractivity contribution is 7.90. The van der Waals surface area contributed by atoms with E-state index in [0.717, 1.165) is 25.0 Å². The SMILES string of the molecule is CS(=O)(=O)c1ccccc1C(=O)NCCC(=O)N1CCN(c2ccccc2)CC1. The van der Waals surface area contributed by atoms with Crippen molar-refractivity contribution < 1.29 is 18.0 Å². The Morgan fingerprint density at radius 3 is 2.21 bits per heavy atom. The van der Waals surface area contributed by atoms with Crippen molar-refractivity contribution >= 4 is 27.3 Å². The molecule has 0 aliphatic carbocycles. The minimum atomic E-state index is -3.51. The molecule has 0 radical (unpaired) electrons. The molecular weight excluding hydrogens is 390 g/mol. The molecule has 0 unspecified atom stereocenters. The highest BCUT2D eigenvalue weighted by Crippen LogP contribution is 2.16. The number of hydrogen-bond donors (Lipinski definition) is 1. The molecule has 29 heavy (non-hydrogen) atoms. The summed E-state index contributed by atoms with van der Waals surface area (Å²) in [4.78, 5) is 28.8. The third kappa shape index (κ3) is 5.35. The first-order chi connectivity index (χ1) is 13.9. The molecule has 154 valence electrons. The Bertz CT molecular complexity index is 968. The molecule has 1 aliphatic heterocycles. The van der Waals surface area contributed by atoms with Gasteiger partial charge in [-0.2, -0.15) is 0 Å². The highest BCUT2D eigenvalue weighted by Gasteiger charge is 2.22. The summed E-state index contributed by atoms with van der Waals surface area (Å²) in [6, 6.07) is 16.1. The Morgan fingerprint density at radius 1 is 0.931 bits per heavy atom. The summed E-state index contributed by atoms with van der Waals surface area (Å²) in [6.07, 6.45) is 1.25. The Labute approximate surface area is 171 Å². The molecule has 2 aromatic rings. The van der Waals surface area contributed by atoms with Crippen LogP contribution in [0.15, 0.2) is 59.5 Å². The van der Waals surface area contributed by atoms with Crippen molar-refractivity contribution in [3.05, 3.63) is 60.2 Å². The molecule has 2 aromatic carbocycles. The van der Waals surface area contributed by atoms with E-state index in [-0.39, 0.29) is 29.3 Å². The van der Waals surface area contributed by atoms with Gasteiger partial charge in [-0.25, -0.2) is 8.42 Å². The number of amides is 2. The van der Waals surface area contributed by atoms with Crippen LogP contribution < -0.4 is 10.2 Å². The van der Waals surface area contributed by atoms with Crippen molar-refractivity contribution in [3.8, 4) is 0 Å². The quantitative estimate of drug-likeness (QED) is 0.774. The molecule has 7 nitrogen and oxygen atoms in total. The molecular formula is C21H25N3O4S. The largest absolute Gasteiger partial charge is 0.368 e. The predicted molar refractivity (Wildman–Crippen MR) is 112 cm³/mol. The van der Waals surface area contributed by atoms with Crippen molar-refractivity contribution in [1.29, 1.82) is 0 Å². The van der Waals surface area contributed by atoms with Gasteiger partial charge in [0, 0.05) is 51.1 Å². The van der Waals surface area contributed by atoms with Crippen LogP contribution in [0.5, 0.6) is 0 Å². The van der Waals surface area contributed by atoms with E-state index >= 15 is 0 Å². The van der Waals surface area contributed by atoms with Gasteiger partial charge in [0.2, 0.25) is 5.91 Å². The first-order valence-electron chi connectivity index (χ1n) is 9.51. The number of anilines is 1. The maximum absolute atomic E-state index is 12.4. The Balaban J connectivity index is 1.48. The Morgan fingerprint density at radius 2 is 1.55 bits per heavy atom. The van der Waals surface area contributed by atoms with Crippen LogP contribution in [-0.2, 0) is 14.6 Å². The smallest absolute Gasteiger partial charge is 0.252 e. The van der Waals surface area contributed by atoms with E-state index in [4.69, 9.17) is 0 Å². The molecule has 1 aliphatic rings. The highest BCUT2D eigenvalue weighted by atomic mass is 32.2. The summed E-state index contributed by atoms with van der Waals surface area (Å²) in [5.74, 6) is -0.512. The number of benzene rings is 2. The summed E-state index contributed by atoms with van der Waals surface area (Å²) in [7, 11) is -3.51. The van der Waals surface area contributed by atoms with Crippen LogP contribution in [-0.4, -0.2) is 64.1 Å². The molecule has 0 aromatic heterocycles. The number of carbonyl (C=O) groups is 2. The fourth-order valence-electron chi connectivity index (χ4n) is 3.37. The molecule has 0 spiro atoms. The lowest BCUT2D eigenvalue weighted by atomic mass is 10.2. The lowest BCUT2D eigenvalue weighted by Gasteiger charge is -2.36. The lowest BCUT2D eigenvalue weighted by Crippen LogP contribution is -2.49. The summed E-state index contributed by atoms with van der Waals surface area (Å²) < 4.78 is 23.7. The average Bonchev–Trinajstić information content (AvgIpc) is 2.73. The monoisotopic (exact) mass is 415 g/mol. The van der Waals surface area contributed by atoms with E-state index in [9.17, 15) is 18.0 Å². The number of piperazine rings is 1. The fourth-order valence-corrected chi connectivity index (χ4v) is 4.25. The van der Waals surface area contributed by atoms with Gasteiger partial charge in [0.05, 0.1) is 10.5 Å². The van der Waals surface area contributed by atoms with Crippen molar-refractivity contribution in [1.82, 2.24) is 10.2 Å². The first-order valence-corrected chi connectivity index (χ1v) is 11.4. The van der Waals surface area contributed by atoms with Gasteiger partial charge in [-0.05, 0) is 24.3 Å². The molecule has 0 atom stereocenters. The lowest BCUT2D eigenvalue weighted by molar-refractivity contribution is -0.131. The van der Waals surface area contributed by atoms with E-state index in [1.807, 2.05) is 18.2 Å². The van der Waals surface area contributed by atoms with Gasteiger partial charge >= 0.3 is 0 Å². The molecule has 0 saturated carbocycles. The van der Waals surface area contributed by atoms with E-state index in [1.54, 1.807) is 17.0 Å². The van der Waals surface area contributed by atoms with Gasteiger partial charge in [-0.1, -0.05) is 30.3 Å². The Kier molecular flexibility index (Phi) is 6.53. The molecule has 2 amide bonds. The summed E-state index contributed by atoms with van der Waals surface area (Å²) in [5, 5.41) is 2.65. The summed E-state index contributed by atoms with van der Waals surface area (Å²) >= 11 is 0. The predicted octanol–water partition coefficient (Wildman–Crippen LogP) is 1.56. The van der Waals surface area contributed by atoms with Crippen LogP contribution in [0.1, 0.15) is 16.8 Å². The third-order valence-electron chi connectivity index (χ3n) is 4.91. The van der Waals surface area contributed by atoms with E-state index in [0.29, 0.717) is 13.1 Å². The van der Waals surface area contributed by atoms with Gasteiger partial charge in [0.25, 0.3) is 5.91 Å². The zero-order chi connectivity index (χ0) is 20.9. The number of nitrogens with one attached hydrogen (secondary N) is 1.